The Morgan fingerprint density at radius 1 is 1.04 bits per heavy atom. The third-order valence-electron chi connectivity index (χ3n) is 4.08. The van der Waals surface area contributed by atoms with Crippen LogP contribution in [0.5, 0.6) is 0 Å². The number of piperazine rings is 1. The van der Waals surface area contributed by atoms with Crippen LogP contribution in [0.2, 0.25) is 0 Å². The summed E-state index contributed by atoms with van der Waals surface area (Å²) >= 11 is 0. The summed E-state index contributed by atoms with van der Waals surface area (Å²) in [5.74, 6) is -0.0169. The van der Waals surface area contributed by atoms with E-state index in [1.54, 1.807) is 9.80 Å². The van der Waals surface area contributed by atoms with Crippen LogP contribution in [0.4, 0.5) is 5.69 Å². The van der Waals surface area contributed by atoms with Gasteiger partial charge in [-0.3, -0.25) is 9.59 Å². The Labute approximate surface area is 136 Å². The van der Waals surface area contributed by atoms with Crippen LogP contribution in [0, 0.1) is 6.92 Å². The van der Waals surface area contributed by atoms with Gasteiger partial charge in [-0.1, -0.05) is 48.0 Å². The number of aryl methyl sites for hydroxylation is 1. The molecule has 4 heteroatoms. The molecule has 1 fully saturated rings. The van der Waals surface area contributed by atoms with Gasteiger partial charge in [-0.05, 0) is 24.6 Å². The highest BCUT2D eigenvalue weighted by Crippen LogP contribution is 2.17. The fourth-order valence-electron chi connectivity index (χ4n) is 2.88. The molecular formula is C19H20N2O2. The number of hydrogen-bond acceptors (Lipinski definition) is 2. The predicted octanol–water partition coefficient (Wildman–Crippen LogP) is 2.41. The second-order valence-corrected chi connectivity index (χ2v) is 5.86. The summed E-state index contributed by atoms with van der Waals surface area (Å²) < 4.78 is 0. The molecule has 1 aliphatic rings. The number of para-hydroxylation sites is 1. The molecule has 2 aromatic carbocycles. The first-order chi connectivity index (χ1) is 11.1. The molecule has 4 nitrogen and oxygen atoms in total. The second-order valence-electron chi connectivity index (χ2n) is 5.86. The minimum atomic E-state index is -0.0277. The summed E-state index contributed by atoms with van der Waals surface area (Å²) in [4.78, 5) is 28.2. The van der Waals surface area contributed by atoms with Crippen molar-refractivity contribution in [3.63, 3.8) is 0 Å². The number of benzene rings is 2. The molecule has 23 heavy (non-hydrogen) atoms. The Balaban J connectivity index is 1.63. The minimum absolute atomic E-state index is 0.0108. The van der Waals surface area contributed by atoms with Gasteiger partial charge in [-0.2, -0.15) is 0 Å². The van der Waals surface area contributed by atoms with Crippen LogP contribution in [-0.2, 0) is 16.0 Å². The number of hydrogen-bond donors (Lipinski definition) is 0. The Bertz CT molecular complexity index is 712. The Morgan fingerprint density at radius 3 is 2.52 bits per heavy atom. The maximum Gasteiger partial charge on any atom is 0.246 e. The molecule has 2 aromatic rings. The van der Waals surface area contributed by atoms with Gasteiger partial charge in [-0.25, -0.2) is 0 Å². The monoisotopic (exact) mass is 308 g/mol. The van der Waals surface area contributed by atoms with Crippen molar-refractivity contribution in [3.05, 3.63) is 65.7 Å². The van der Waals surface area contributed by atoms with E-state index in [0.717, 1.165) is 16.8 Å². The maximum absolute atomic E-state index is 12.4. The molecule has 1 heterocycles. The molecule has 0 saturated carbocycles. The summed E-state index contributed by atoms with van der Waals surface area (Å²) in [6.07, 6.45) is 0.348. The third-order valence-corrected chi connectivity index (χ3v) is 4.08. The molecule has 0 radical (unpaired) electrons. The highest BCUT2D eigenvalue weighted by Gasteiger charge is 2.27. The summed E-state index contributed by atoms with van der Waals surface area (Å²) in [6, 6.07) is 17.5. The quantitative estimate of drug-likeness (QED) is 0.873. The molecule has 0 N–H and O–H groups in total. The second kappa shape index (κ2) is 6.65. The molecule has 1 aliphatic heterocycles. The molecule has 2 amide bonds. The largest absolute Gasteiger partial charge is 0.331 e. The average Bonchev–Trinajstić information content (AvgIpc) is 2.55. The number of carbonyl (C=O) groups excluding carboxylic acids is 2. The van der Waals surface area contributed by atoms with Crippen LogP contribution in [0.3, 0.4) is 0 Å². The van der Waals surface area contributed by atoms with Crippen LogP contribution >= 0.6 is 0 Å². The van der Waals surface area contributed by atoms with Gasteiger partial charge in [0.1, 0.15) is 6.54 Å². The highest BCUT2D eigenvalue weighted by atomic mass is 16.2. The molecule has 0 aliphatic carbocycles. The van der Waals surface area contributed by atoms with Crippen molar-refractivity contribution in [2.45, 2.75) is 13.3 Å². The van der Waals surface area contributed by atoms with E-state index in [9.17, 15) is 9.59 Å². The molecule has 118 valence electrons. The van der Waals surface area contributed by atoms with Crippen molar-refractivity contribution in [2.75, 3.05) is 24.5 Å². The van der Waals surface area contributed by atoms with E-state index >= 15 is 0 Å². The van der Waals surface area contributed by atoms with Crippen molar-refractivity contribution < 1.29 is 9.59 Å². The molecule has 0 atom stereocenters. The van der Waals surface area contributed by atoms with E-state index in [2.05, 4.69) is 0 Å². The van der Waals surface area contributed by atoms with Crippen LogP contribution in [0.1, 0.15) is 11.1 Å². The third kappa shape index (κ3) is 3.59. The smallest absolute Gasteiger partial charge is 0.246 e. The van der Waals surface area contributed by atoms with Gasteiger partial charge in [0.25, 0.3) is 0 Å². The van der Waals surface area contributed by atoms with Gasteiger partial charge in [0, 0.05) is 18.8 Å². The number of anilines is 1. The Hall–Kier alpha value is -2.62. The zero-order valence-electron chi connectivity index (χ0n) is 13.2. The molecular weight excluding hydrogens is 288 g/mol. The topological polar surface area (TPSA) is 40.6 Å². The zero-order chi connectivity index (χ0) is 16.2. The summed E-state index contributed by atoms with van der Waals surface area (Å²) in [6.45, 7) is 3.28. The Morgan fingerprint density at radius 2 is 1.83 bits per heavy atom. The predicted molar refractivity (Wildman–Crippen MR) is 90.3 cm³/mol. The summed E-state index contributed by atoms with van der Waals surface area (Å²) in [5, 5.41) is 0. The van der Waals surface area contributed by atoms with E-state index < -0.39 is 0 Å². The first-order valence-electron chi connectivity index (χ1n) is 7.82. The lowest BCUT2D eigenvalue weighted by atomic mass is 10.1. The van der Waals surface area contributed by atoms with E-state index in [4.69, 9.17) is 0 Å². The lowest BCUT2D eigenvalue weighted by molar-refractivity contribution is -0.136. The van der Waals surface area contributed by atoms with Gasteiger partial charge >= 0.3 is 0 Å². The van der Waals surface area contributed by atoms with Gasteiger partial charge in [0.15, 0.2) is 0 Å². The van der Waals surface area contributed by atoms with Crippen molar-refractivity contribution in [2.24, 2.45) is 0 Å². The standard InChI is InChI=1S/C19H20N2O2/c1-15-6-5-7-16(12-15)13-18(22)20-10-11-21(19(23)14-20)17-8-3-2-4-9-17/h2-9,12H,10-11,13-14H2,1H3. The molecule has 3 rings (SSSR count). The summed E-state index contributed by atoms with van der Waals surface area (Å²) in [7, 11) is 0. The number of nitrogens with zero attached hydrogens (tertiary/aromatic N) is 2. The average molecular weight is 308 g/mol. The molecule has 1 saturated heterocycles. The van der Waals surface area contributed by atoms with E-state index in [1.165, 1.54) is 0 Å². The lowest BCUT2D eigenvalue weighted by Gasteiger charge is -2.34. The fourth-order valence-corrected chi connectivity index (χ4v) is 2.88. The van der Waals surface area contributed by atoms with Crippen molar-refractivity contribution >= 4 is 17.5 Å². The SMILES string of the molecule is Cc1cccc(CC(=O)N2CCN(c3ccccc3)C(=O)C2)c1. The first kappa shape index (κ1) is 15.3. The van der Waals surface area contributed by atoms with E-state index in [1.807, 2.05) is 61.5 Å². The van der Waals surface area contributed by atoms with Crippen molar-refractivity contribution in [1.82, 2.24) is 4.90 Å². The minimum Gasteiger partial charge on any atom is -0.331 e. The first-order valence-corrected chi connectivity index (χ1v) is 7.82. The van der Waals surface area contributed by atoms with Crippen LogP contribution in [0.25, 0.3) is 0 Å². The van der Waals surface area contributed by atoms with Gasteiger partial charge in [0.05, 0.1) is 6.42 Å². The zero-order valence-corrected chi connectivity index (χ0v) is 13.2. The van der Waals surface area contributed by atoms with Crippen molar-refractivity contribution in [1.29, 1.82) is 0 Å². The van der Waals surface area contributed by atoms with Crippen LogP contribution in [-0.4, -0.2) is 36.3 Å². The molecule has 0 bridgehead atoms. The van der Waals surface area contributed by atoms with E-state index in [0.29, 0.717) is 19.5 Å². The van der Waals surface area contributed by atoms with E-state index in [-0.39, 0.29) is 18.4 Å². The highest BCUT2D eigenvalue weighted by molar-refractivity contribution is 5.98. The van der Waals surface area contributed by atoms with Crippen LogP contribution in [0.15, 0.2) is 54.6 Å². The lowest BCUT2D eigenvalue weighted by Crippen LogP contribution is -2.52. The fraction of sp³-hybridized carbons (Fsp3) is 0.263. The van der Waals surface area contributed by atoms with Crippen LogP contribution < -0.4 is 4.90 Å². The number of carbonyl (C=O) groups is 2. The number of rotatable bonds is 3. The van der Waals surface area contributed by atoms with Gasteiger partial charge in [0.2, 0.25) is 11.8 Å². The van der Waals surface area contributed by atoms with Crippen molar-refractivity contribution in [3.8, 4) is 0 Å². The van der Waals surface area contributed by atoms with Gasteiger partial charge in [-0.15, -0.1) is 0 Å². The normalized spacial score (nSPS) is 14.9. The number of amides is 2. The maximum atomic E-state index is 12.4. The summed E-state index contributed by atoms with van der Waals surface area (Å²) in [5.41, 5.74) is 3.02. The molecule has 0 unspecified atom stereocenters. The molecule has 0 spiro atoms. The van der Waals surface area contributed by atoms with Gasteiger partial charge < -0.3 is 9.80 Å². The Kier molecular flexibility index (Phi) is 4.42. The molecule has 0 aromatic heterocycles.